The molecule has 0 fully saturated rings. The Morgan fingerprint density at radius 3 is 2.78 bits per heavy atom. The molecule has 0 spiro atoms. The minimum atomic E-state index is -0.454. The van der Waals surface area contributed by atoms with E-state index in [4.69, 9.17) is 10.00 Å². The highest BCUT2D eigenvalue weighted by atomic mass is 16.5. The van der Waals surface area contributed by atoms with Gasteiger partial charge < -0.3 is 9.64 Å². The summed E-state index contributed by atoms with van der Waals surface area (Å²) in [5.74, 6) is -0.773. The zero-order valence-electron chi connectivity index (χ0n) is 10.3. The summed E-state index contributed by atoms with van der Waals surface area (Å²) in [7, 11) is 1.51. The van der Waals surface area contributed by atoms with Crippen LogP contribution in [0.15, 0.2) is 24.3 Å². The number of carbonyl (C=O) groups is 2. The van der Waals surface area contributed by atoms with Crippen LogP contribution in [0.3, 0.4) is 0 Å². The maximum absolute atomic E-state index is 12.0. The lowest BCUT2D eigenvalue weighted by molar-refractivity contribution is -0.143. The second kappa shape index (κ2) is 6.40. The van der Waals surface area contributed by atoms with Gasteiger partial charge in [0, 0.05) is 12.6 Å². The fourth-order valence-corrected chi connectivity index (χ4v) is 1.41. The van der Waals surface area contributed by atoms with E-state index in [0.29, 0.717) is 11.1 Å². The molecule has 0 aliphatic carbocycles. The Labute approximate surface area is 106 Å². The lowest BCUT2D eigenvalue weighted by Gasteiger charge is -2.16. The quantitative estimate of drug-likeness (QED) is 0.748. The molecule has 1 rings (SSSR count). The molecule has 0 atom stereocenters. The molecule has 0 unspecified atom stereocenters. The largest absolute Gasteiger partial charge is 0.465 e. The van der Waals surface area contributed by atoms with Crippen LogP contribution in [0.1, 0.15) is 22.8 Å². The van der Waals surface area contributed by atoms with Gasteiger partial charge in [0.15, 0.2) is 0 Å². The van der Waals surface area contributed by atoms with Gasteiger partial charge in [0.25, 0.3) is 5.91 Å². The van der Waals surface area contributed by atoms with Crippen molar-refractivity contribution >= 4 is 11.9 Å². The summed E-state index contributed by atoms with van der Waals surface area (Å²) in [5.41, 5.74) is 0.784. The monoisotopic (exact) mass is 246 g/mol. The van der Waals surface area contributed by atoms with Crippen molar-refractivity contribution in [1.82, 2.24) is 4.90 Å². The molecule has 0 radical (unpaired) electrons. The van der Waals surface area contributed by atoms with Gasteiger partial charge in [0.2, 0.25) is 0 Å². The molecule has 94 valence electrons. The van der Waals surface area contributed by atoms with E-state index < -0.39 is 5.97 Å². The maximum atomic E-state index is 12.0. The minimum absolute atomic E-state index is 0.108. The minimum Gasteiger partial charge on any atom is -0.465 e. The summed E-state index contributed by atoms with van der Waals surface area (Å²) in [6.45, 7) is 1.88. The van der Waals surface area contributed by atoms with Crippen LogP contribution in [0.25, 0.3) is 0 Å². The molecule has 0 saturated heterocycles. The van der Waals surface area contributed by atoms with E-state index in [1.807, 2.05) is 6.07 Å². The number of hydrogen-bond donors (Lipinski definition) is 0. The van der Waals surface area contributed by atoms with Crippen molar-refractivity contribution < 1.29 is 14.3 Å². The van der Waals surface area contributed by atoms with Crippen molar-refractivity contribution in [2.45, 2.75) is 6.92 Å². The zero-order chi connectivity index (χ0) is 13.5. The molecule has 5 heteroatoms. The van der Waals surface area contributed by atoms with Crippen LogP contribution in [0.2, 0.25) is 0 Å². The lowest BCUT2D eigenvalue weighted by atomic mass is 10.1. The molecule has 0 saturated carbocycles. The Bertz CT molecular complexity index is 491. The summed E-state index contributed by atoms with van der Waals surface area (Å²) in [6, 6.07) is 8.29. The predicted octanol–water partition coefficient (Wildman–Crippen LogP) is 1.19. The van der Waals surface area contributed by atoms with Crippen molar-refractivity contribution in [2.75, 3.05) is 20.2 Å². The lowest BCUT2D eigenvalue weighted by Crippen LogP contribution is -2.33. The Kier molecular flexibility index (Phi) is 4.88. The number of hydrogen-bond acceptors (Lipinski definition) is 4. The molecule has 1 amide bonds. The van der Waals surface area contributed by atoms with E-state index in [1.54, 1.807) is 25.1 Å². The number of rotatable bonds is 4. The van der Waals surface area contributed by atoms with Gasteiger partial charge in [-0.05, 0) is 25.1 Å². The molecule has 0 N–H and O–H groups in total. The van der Waals surface area contributed by atoms with Crippen molar-refractivity contribution in [1.29, 1.82) is 5.26 Å². The van der Waals surface area contributed by atoms with Gasteiger partial charge >= 0.3 is 5.97 Å². The number of likely N-dealkylation sites (N-methyl/N-ethyl adjacent to an activating group) is 1. The van der Waals surface area contributed by atoms with Crippen LogP contribution in [0.4, 0.5) is 0 Å². The van der Waals surface area contributed by atoms with Crippen LogP contribution in [-0.2, 0) is 9.53 Å². The molecule has 0 aromatic heterocycles. The molecule has 0 aliphatic rings. The average molecular weight is 246 g/mol. The second-order valence-corrected chi connectivity index (χ2v) is 3.66. The number of amides is 1. The van der Waals surface area contributed by atoms with E-state index in [9.17, 15) is 9.59 Å². The van der Waals surface area contributed by atoms with Crippen LogP contribution < -0.4 is 0 Å². The fraction of sp³-hybridized carbons (Fsp3) is 0.308. The molecular weight excluding hydrogens is 232 g/mol. The molecule has 5 nitrogen and oxygen atoms in total. The molecule has 1 aromatic rings. The molecule has 0 bridgehead atoms. The smallest absolute Gasteiger partial charge is 0.325 e. The standard InChI is InChI=1S/C13H14N2O3/c1-3-18-12(16)9-15(2)13(17)11-6-4-5-10(7-11)8-14/h4-7H,3,9H2,1-2H3. The third kappa shape index (κ3) is 3.59. The predicted molar refractivity (Wildman–Crippen MR) is 64.8 cm³/mol. The van der Waals surface area contributed by atoms with Crippen molar-refractivity contribution in [3.05, 3.63) is 35.4 Å². The Morgan fingerprint density at radius 2 is 2.17 bits per heavy atom. The van der Waals surface area contributed by atoms with E-state index in [1.165, 1.54) is 18.0 Å². The first-order chi connectivity index (χ1) is 8.58. The Hall–Kier alpha value is -2.35. The van der Waals surface area contributed by atoms with Crippen molar-refractivity contribution in [3.8, 4) is 6.07 Å². The Balaban J connectivity index is 2.74. The van der Waals surface area contributed by atoms with Gasteiger partial charge in [-0.3, -0.25) is 9.59 Å². The summed E-state index contributed by atoms with van der Waals surface area (Å²) < 4.78 is 4.76. The first kappa shape index (κ1) is 13.7. The maximum Gasteiger partial charge on any atom is 0.325 e. The second-order valence-electron chi connectivity index (χ2n) is 3.66. The van der Waals surface area contributed by atoms with Gasteiger partial charge in [-0.2, -0.15) is 5.26 Å². The molecule has 0 heterocycles. The van der Waals surface area contributed by atoms with Gasteiger partial charge in [-0.1, -0.05) is 6.07 Å². The topological polar surface area (TPSA) is 70.4 Å². The van der Waals surface area contributed by atoms with E-state index >= 15 is 0 Å². The number of carbonyl (C=O) groups excluding carboxylic acids is 2. The number of ether oxygens (including phenoxy) is 1. The number of nitrogens with zero attached hydrogens (tertiary/aromatic N) is 2. The highest BCUT2D eigenvalue weighted by Gasteiger charge is 2.15. The fourth-order valence-electron chi connectivity index (χ4n) is 1.41. The Morgan fingerprint density at radius 1 is 1.44 bits per heavy atom. The van der Waals surface area contributed by atoms with Gasteiger partial charge in [0.1, 0.15) is 6.54 Å². The molecule has 1 aromatic carbocycles. The van der Waals surface area contributed by atoms with Crippen LogP contribution >= 0.6 is 0 Å². The van der Waals surface area contributed by atoms with Crippen molar-refractivity contribution in [3.63, 3.8) is 0 Å². The SMILES string of the molecule is CCOC(=O)CN(C)C(=O)c1cccc(C#N)c1. The molecule has 0 aliphatic heterocycles. The van der Waals surface area contributed by atoms with Crippen LogP contribution in [0, 0.1) is 11.3 Å². The summed E-state index contributed by atoms with van der Waals surface area (Å²) in [5, 5.41) is 8.75. The third-order valence-corrected chi connectivity index (χ3v) is 2.26. The normalized spacial score (nSPS) is 9.39. The summed E-state index contributed by atoms with van der Waals surface area (Å²) in [4.78, 5) is 24.5. The average Bonchev–Trinajstić information content (AvgIpc) is 2.38. The van der Waals surface area contributed by atoms with Gasteiger partial charge in [-0.25, -0.2) is 0 Å². The van der Waals surface area contributed by atoms with Gasteiger partial charge in [-0.15, -0.1) is 0 Å². The first-order valence-electron chi connectivity index (χ1n) is 5.49. The number of nitriles is 1. The number of esters is 1. The van der Waals surface area contributed by atoms with E-state index in [2.05, 4.69) is 0 Å². The zero-order valence-corrected chi connectivity index (χ0v) is 10.3. The third-order valence-electron chi connectivity index (χ3n) is 2.26. The number of benzene rings is 1. The van der Waals surface area contributed by atoms with E-state index in [0.717, 1.165) is 0 Å². The summed E-state index contributed by atoms with van der Waals surface area (Å²) >= 11 is 0. The summed E-state index contributed by atoms with van der Waals surface area (Å²) in [6.07, 6.45) is 0. The molecule has 18 heavy (non-hydrogen) atoms. The highest BCUT2D eigenvalue weighted by Crippen LogP contribution is 2.07. The molecular formula is C13H14N2O3. The van der Waals surface area contributed by atoms with Crippen molar-refractivity contribution in [2.24, 2.45) is 0 Å². The van der Waals surface area contributed by atoms with Crippen LogP contribution in [0.5, 0.6) is 0 Å². The first-order valence-corrected chi connectivity index (χ1v) is 5.49. The van der Waals surface area contributed by atoms with Crippen LogP contribution in [-0.4, -0.2) is 37.0 Å². The highest BCUT2D eigenvalue weighted by molar-refractivity contribution is 5.96. The van der Waals surface area contributed by atoms with Gasteiger partial charge in [0.05, 0.1) is 18.2 Å². The van der Waals surface area contributed by atoms with E-state index in [-0.39, 0.29) is 19.1 Å².